The van der Waals surface area contributed by atoms with Crippen molar-refractivity contribution in [2.75, 3.05) is 0 Å². The molecule has 0 aliphatic heterocycles. The van der Waals surface area contributed by atoms with Gasteiger partial charge in [0.2, 0.25) is 0 Å². The number of carbonyl (C=O) groups excluding carboxylic acids is 1. The van der Waals surface area contributed by atoms with Crippen molar-refractivity contribution in [3.8, 4) is 0 Å². The molecule has 1 N–H and O–H groups in total. The molecule has 3 heteroatoms. The van der Waals surface area contributed by atoms with E-state index in [1.807, 2.05) is 0 Å². The van der Waals surface area contributed by atoms with Crippen LogP contribution in [0.2, 0.25) is 5.02 Å². The molecule has 1 aromatic rings. The van der Waals surface area contributed by atoms with Gasteiger partial charge in [0.25, 0.3) is 0 Å². The van der Waals surface area contributed by atoms with Crippen LogP contribution in [0.3, 0.4) is 0 Å². The van der Waals surface area contributed by atoms with E-state index in [1.165, 1.54) is 0 Å². The Kier molecular flexibility index (Phi) is 3.23. The van der Waals surface area contributed by atoms with E-state index in [4.69, 9.17) is 11.6 Å². The summed E-state index contributed by atoms with van der Waals surface area (Å²) in [5.41, 5.74) is 0.606. The Hall–Kier alpha value is -1.12. The van der Waals surface area contributed by atoms with Gasteiger partial charge in [0.05, 0.1) is 0 Å². The molecule has 0 saturated carbocycles. The zero-order valence-electron chi connectivity index (χ0n) is 6.90. The van der Waals surface area contributed by atoms with Gasteiger partial charge in [0.15, 0.2) is 0 Å². The van der Waals surface area contributed by atoms with E-state index < -0.39 is 6.10 Å². The van der Waals surface area contributed by atoms with Gasteiger partial charge in [-0.05, 0) is 6.07 Å². The highest BCUT2D eigenvalue weighted by atomic mass is 35.5. The summed E-state index contributed by atoms with van der Waals surface area (Å²) in [6, 6.07) is 6.80. The Labute approximate surface area is 81.5 Å². The summed E-state index contributed by atoms with van der Waals surface area (Å²) in [5.74, 6) is 0. The van der Waals surface area contributed by atoms with Gasteiger partial charge in [-0.3, -0.25) is 4.79 Å². The Balaban J connectivity index is 3.01. The molecule has 0 radical (unpaired) electrons. The van der Waals surface area contributed by atoms with Gasteiger partial charge in [-0.15, -0.1) is 0 Å². The molecule has 0 saturated heterocycles. The fraction of sp³-hybridized carbons (Fsp3) is 0.100. The molecule has 1 atom stereocenters. The molecule has 68 valence electrons. The lowest BCUT2D eigenvalue weighted by molar-refractivity contribution is -0.105. The van der Waals surface area contributed by atoms with Gasteiger partial charge < -0.3 is 5.11 Å². The lowest BCUT2D eigenvalue weighted by Gasteiger charge is -2.10. The van der Waals surface area contributed by atoms with Crippen molar-refractivity contribution < 1.29 is 9.90 Å². The summed E-state index contributed by atoms with van der Waals surface area (Å²) in [7, 11) is 0. The molecule has 1 unspecified atom stereocenters. The van der Waals surface area contributed by atoms with E-state index in [1.54, 1.807) is 24.3 Å². The molecule has 2 nitrogen and oxygen atoms in total. The van der Waals surface area contributed by atoms with Crippen molar-refractivity contribution in [1.82, 2.24) is 0 Å². The second kappa shape index (κ2) is 4.21. The summed E-state index contributed by atoms with van der Waals surface area (Å²) in [6.45, 7) is 3.41. The van der Waals surface area contributed by atoms with Crippen LogP contribution in [-0.2, 0) is 4.79 Å². The number of carbonyl (C=O) groups is 1. The quantitative estimate of drug-likeness (QED) is 0.594. The molecule has 1 rings (SSSR count). The summed E-state index contributed by atoms with van der Waals surface area (Å²) >= 11 is 5.80. The van der Waals surface area contributed by atoms with Crippen LogP contribution in [0.15, 0.2) is 36.4 Å². The molecule has 0 aliphatic carbocycles. The number of hydrogen-bond donors (Lipinski definition) is 1. The van der Waals surface area contributed by atoms with E-state index in [2.05, 4.69) is 6.58 Å². The summed E-state index contributed by atoms with van der Waals surface area (Å²) in [6.07, 6.45) is -0.486. The largest absolute Gasteiger partial charge is 0.384 e. The Bertz CT molecular complexity index is 333. The van der Waals surface area contributed by atoms with Gasteiger partial charge in [-0.25, -0.2) is 0 Å². The van der Waals surface area contributed by atoms with Gasteiger partial charge in [-0.1, -0.05) is 36.4 Å². The van der Waals surface area contributed by atoms with Crippen molar-refractivity contribution in [3.05, 3.63) is 47.0 Å². The topological polar surface area (TPSA) is 37.3 Å². The van der Waals surface area contributed by atoms with E-state index >= 15 is 0 Å². The first-order chi connectivity index (χ1) is 6.16. The highest BCUT2D eigenvalue weighted by molar-refractivity contribution is 6.31. The fourth-order valence-electron chi connectivity index (χ4n) is 0.961. The van der Waals surface area contributed by atoms with Crippen molar-refractivity contribution >= 4 is 17.9 Å². The number of halogens is 1. The second-order valence-electron chi connectivity index (χ2n) is 2.62. The number of aldehydes is 1. The maximum atomic E-state index is 10.3. The van der Waals surface area contributed by atoms with Crippen LogP contribution in [-0.4, -0.2) is 11.4 Å². The number of benzene rings is 1. The Morgan fingerprint density at radius 2 is 2.15 bits per heavy atom. The second-order valence-corrected chi connectivity index (χ2v) is 3.02. The van der Waals surface area contributed by atoms with E-state index in [0.717, 1.165) is 0 Å². The maximum absolute atomic E-state index is 10.3. The molecule has 0 amide bonds. The van der Waals surface area contributed by atoms with E-state index in [9.17, 15) is 9.90 Å². The molecule has 0 heterocycles. The summed E-state index contributed by atoms with van der Waals surface area (Å²) in [4.78, 5) is 10.3. The van der Waals surface area contributed by atoms with Gasteiger partial charge >= 0.3 is 0 Å². The molecular weight excluding hydrogens is 188 g/mol. The minimum atomic E-state index is -1.01. The molecule has 0 fully saturated rings. The molecule has 0 spiro atoms. The minimum Gasteiger partial charge on any atom is -0.384 e. The number of rotatable bonds is 3. The van der Waals surface area contributed by atoms with Crippen LogP contribution in [0.5, 0.6) is 0 Å². The highest BCUT2D eigenvalue weighted by Gasteiger charge is 2.13. The molecule has 0 bridgehead atoms. The number of hydrogen-bond acceptors (Lipinski definition) is 2. The summed E-state index contributed by atoms with van der Waals surface area (Å²) < 4.78 is 0. The first-order valence-electron chi connectivity index (χ1n) is 3.73. The van der Waals surface area contributed by atoms with E-state index in [-0.39, 0.29) is 5.57 Å². The van der Waals surface area contributed by atoms with Crippen LogP contribution >= 0.6 is 11.6 Å². The first kappa shape index (κ1) is 9.96. The van der Waals surface area contributed by atoms with E-state index in [0.29, 0.717) is 16.9 Å². The fourth-order valence-corrected chi connectivity index (χ4v) is 1.20. The smallest absolute Gasteiger partial charge is 0.148 e. The first-order valence-corrected chi connectivity index (χ1v) is 4.11. The molecule has 13 heavy (non-hydrogen) atoms. The SMILES string of the molecule is C=C(C=O)C(O)c1ccccc1Cl. The summed E-state index contributed by atoms with van der Waals surface area (Å²) in [5, 5.41) is 9.98. The van der Waals surface area contributed by atoms with Gasteiger partial charge in [0.1, 0.15) is 12.4 Å². The van der Waals surface area contributed by atoms with Crippen molar-refractivity contribution in [3.63, 3.8) is 0 Å². The lowest BCUT2D eigenvalue weighted by Crippen LogP contribution is -2.01. The third-order valence-corrected chi connectivity index (χ3v) is 2.05. The van der Waals surface area contributed by atoms with Crippen LogP contribution in [0, 0.1) is 0 Å². The minimum absolute atomic E-state index is 0.105. The van der Waals surface area contributed by atoms with Gasteiger partial charge in [-0.2, -0.15) is 0 Å². The molecule has 0 aromatic heterocycles. The predicted octanol–water partition coefficient (Wildman–Crippen LogP) is 2.13. The van der Waals surface area contributed by atoms with Gasteiger partial charge in [0, 0.05) is 16.2 Å². The normalized spacial score (nSPS) is 12.2. The Morgan fingerprint density at radius 3 is 2.69 bits per heavy atom. The third kappa shape index (κ3) is 2.17. The molecule has 0 aliphatic rings. The van der Waals surface area contributed by atoms with Crippen LogP contribution in [0.4, 0.5) is 0 Å². The average Bonchev–Trinajstić information content (AvgIpc) is 2.16. The van der Waals surface area contributed by atoms with Crippen LogP contribution in [0.25, 0.3) is 0 Å². The molecule has 1 aromatic carbocycles. The van der Waals surface area contributed by atoms with Crippen molar-refractivity contribution in [2.45, 2.75) is 6.10 Å². The monoisotopic (exact) mass is 196 g/mol. The zero-order valence-corrected chi connectivity index (χ0v) is 7.66. The molecular formula is C10H9ClO2. The van der Waals surface area contributed by atoms with Crippen molar-refractivity contribution in [1.29, 1.82) is 0 Å². The van der Waals surface area contributed by atoms with Crippen LogP contribution < -0.4 is 0 Å². The standard InChI is InChI=1S/C10H9ClO2/c1-7(6-12)10(13)8-4-2-3-5-9(8)11/h2-6,10,13H,1H2. The third-order valence-electron chi connectivity index (χ3n) is 1.70. The predicted molar refractivity (Wildman–Crippen MR) is 51.6 cm³/mol. The Morgan fingerprint density at radius 1 is 1.54 bits per heavy atom. The maximum Gasteiger partial charge on any atom is 0.148 e. The average molecular weight is 197 g/mol. The lowest BCUT2D eigenvalue weighted by atomic mass is 10.0. The van der Waals surface area contributed by atoms with Crippen molar-refractivity contribution in [2.24, 2.45) is 0 Å². The zero-order chi connectivity index (χ0) is 9.84. The highest BCUT2D eigenvalue weighted by Crippen LogP contribution is 2.25. The number of aliphatic hydroxyl groups is 1. The number of aliphatic hydroxyl groups excluding tert-OH is 1. The van der Waals surface area contributed by atoms with Crippen LogP contribution in [0.1, 0.15) is 11.7 Å².